The van der Waals surface area contributed by atoms with Gasteiger partial charge in [0.1, 0.15) is 0 Å². The standard InChI is InChI=1S/C4H6O2.C3H6O/c1-3-4(5)6-2;1-3(2)4/h3H,1H2,2H3;4H,1H2,2H3. The molecule has 58 valence electrons. The van der Waals surface area contributed by atoms with Crippen LogP contribution >= 0.6 is 0 Å². The number of hydrogen-bond acceptors (Lipinski definition) is 3. The number of hydrogen-bond donors (Lipinski definition) is 1. The highest BCUT2D eigenvalue weighted by molar-refractivity contribution is 5.80. The molecule has 0 unspecified atom stereocenters. The van der Waals surface area contributed by atoms with E-state index < -0.39 is 5.97 Å². The van der Waals surface area contributed by atoms with Crippen LogP contribution in [0.15, 0.2) is 25.0 Å². The van der Waals surface area contributed by atoms with Gasteiger partial charge in [-0.15, -0.1) is 0 Å². The third-order valence-corrected chi connectivity index (χ3v) is 0.368. The van der Waals surface area contributed by atoms with Gasteiger partial charge in [0.25, 0.3) is 0 Å². The first-order chi connectivity index (χ1) is 4.54. The number of esters is 1. The van der Waals surface area contributed by atoms with Crippen LogP contribution in [-0.2, 0) is 9.53 Å². The van der Waals surface area contributed by atoms with Crippen molar-refractivity contribution < 1.29 is 14.6 Å². The molecule has 1 N–H and O–H groups in total. The van der Waals surface area contributed by atoms with E-state index in [1.54, 1.807) is 0 Å². The van der Waals surface area contributed by atoms with E-state index in [0.717, 1.165) is 6.08 Å². The van der Waals surface area contributed by atoms with Crippen LogP contribution in [0.4, 0.5) is 0 Å². The zero-order chi connectivity index (χ0) is 8.57. The summed E-state index contributed by atoms with van der Waals surface area (Å²) >= 11 is 0. The van der Waals surface area contributed by atoms with E-state index in [2.05, 4.69) is 17.9 Å². The lowest BCUT2D eigenvalue weighted by molar-refractivity contribution is -0.134. The van der Waals surface area contributed by atoms with Crippen molar-refractivity contribution in [3.63, 3.8) is 0 Å². The molecule has 10 heavy (non-hydrogen) atoms. The molecule has 0 aromatic rings. The van der Waals surface area contributed by atoms with Gasteiger partial charge in [0.05, 0.1) is 12.9 Å². The Kier molecular flexibility index (Phi) is 8.94. The van der Waals surface area contributed by atoms with E-state index >= 15 is 0 Å². The fourth-order valence-corrected chi connectivity index (χ4v) is 0.0833. The summed E-state index contributed by atoms with van der Waals surface area (Å²) in [6.07, 6.45) is 1.11. The number of ether oxygens (including phenoxy) is 1. The van der Waals surface area contributed by atoms with Crippen molar-refractivity contribution in [3.05, 3.63) is 25.0 Å². The molecule has 0 saturated carbocycles. The van der Waals surface area contributed by atoms with Gasteiger partial charge >= 0.3 is 5.97 Å². The largest absolute Gasteiger partial charge is 0.513 e. The first-order valence-corrected chi connectivity index (χ1v) is 2.59. The molecule has 0 saturated heterocycles. The molecular weight excluding hydrogens is 132 g/mol. The predicted molar refractivity (Wildman–Crippen MR) is 39.7 cm³/mol. The summed E-state index contributed by atoms with van der Waals surface area (Å²) in [5.74, 6) is -0.227. The van der Waals surface area contributed by atoms with Gasteiger partial charge in [-0.2, -0.15) is 0 Å². The molecule has 0 aliphatic rings. The van der Waals surface area contributed by atoms with Crippen molar-refractivity contribution in [1.29, 1.82) is 0 Å². The number of carbonyl (C=O) groups excluding carboxylic acids is 1. The maximum atomic E-state index is 9.84. The van der Waals surface area contributed by atoms with Crippen molar-refractivity contribution in [2.75, 3.05) is 7.11 Å². The van der Waals surface area contributed by atoms with Gasteiger partial charge in [0.2, 0.25) is 0 Å². The Morgan fingerprint density at radius 1 is 1.70 bits per heavy atom. The van der Waals surface area contributed by atoms with Gasteiger partial charge < -0.3 is 9.84 Å². The summed E-state index contributed by atoms with van der Waals surface area (Å²) in [5, 5.41) is 7.86. The SMILES string of the molecule is C=C(C)O.C=CC(=O)OC. The van der Waals surface area contributed by atoms with Gasteiger partial charge in [-0.3, -0.25) is 0 Å². The Morgan fingerprint density at radius 2 is 2.00 bits per heavy atom. The second-order valence-corrected chi connectivity index (χ2v) is 1.46. The molecule has 3 nitrogen and oxygen atoms in total. The van der Waals surface area contributed by atoms with Gasteiger partial charge in [-0.1, -0.05) is 13.2 Å². The monoisotopic (exact) mass is 144 g/mol. The molecule has 0 rings (SSSR count). The maximum Gasteiger partial charge on any atom is 0.329 e. The normalized spacial score (nSPS) is 6.60. The second-order valence-electron chi connectivity index (χ2n) is 1.46. The third-order valence-electron chi connectivity index (χ3n) is 0.368. The predicted octanol–water partition coefficient (Wildman–Crippen LogP) is 1.42. The second kappa shape index (κ2) is 7.75. The van der Waals surface area contributed by atoms with Crippen LogP contribution in [-0.4, -0.2) is 18.2 Å². The average molecular weight is 144 g/mol. The first kappa shape index (κ1) is 11.5. The highest BCUT2D eigenvalue weighted by Crippen LogP contribution is 1.67. The van der Waals surface area contributed by atoms with Crippen molar-refractivity contribution in [1.82, 2.24) is 0 Å². The van der Waals surface area contributed by atoms with Crippen LogP contribution in [0.3, 0.4) is 0 Å². The lowest BCUT2D eigenvalue weighted by Gasteiger charge is -1.83. The molecule has 0 spiro atoms. The summed E-state index contributed by atoms with van der Waals surface area (Å²) in [5.41, 5.74) is 0. The summed E-state index contributed by atoms with van der Waals surface area (Å²) < 4.78 is 4.14. The average Bonchev–Trinajstić information content (AvgIpc) is 1.85. The van der Waals surface area contributed by atoms with Crippen molar-refractivity contribution in [3.8, 4) is 0 Å². The topological polar surface area (TPSA) is 46.5 Å². The molecule has 0 aliphatic carbocycles. The fraction of sp³-hybridized carbons (Fsp3) is 0.286. The van der Waals surface area contributed by atoms with Gasteiger partial charge in [-0.25, -0.2) is 4.79 Å². The zero-order valence-electron chi connectivity index (χ0n) is 6.26. The van der Waals surface area contributed by atoms with E-state index in [-0.39, 0.29) is 5.76 Å². The molecule has 0 bridgehead atoms. The molecule has 0 aromatic heterocycles. The molecule has 0 fully saturated rings. The summed E-state index contributed by atoms with van der Waals surface area (Å²) in [6, 6.07) is 0. The van der Waals surface area contributed by atoms with E-state index in [0.29, 0.717) is 0 Å². The Morgan fingerprint density at radius 3 is 2.00 bits per heavy atom. The summed E-state index contributed by atoms with van der Waals surface area (Å²) in [6.45, 7) is 7.80. The number of allylic oxidation sites excluding steroid dienone is 1. The highest BCUT2D eigenvalue weighted by Gasteiger charge is 1.81. The Labute approximate surface area is 60.6 Å². The number of aliphatic hydroxyl groups excluding tert-OH is 1. The van der Waals surface area contributed by atoms with E-state index in [1.165, 1.54) is 14.0 Å². The highest BCUT2D eigenvalue weighted by atomic mass is 16.5. The zero-order valence-corrected chi connectivity index (χ0v) is 6.26. The molecule has 0 heterocycles. The van der Waals surface area contributed by atoms with E-state index in [9.17, 15) is 4.79 Å². The van der Waals surface area contributed by atoms with Crippen LogP contribution in [0.5, 0.6) is 0 Å². The summed E-state index contributed by atoms with van der Waals surface area (Å²) in [4.78, 5) is 9.84. The molecule has 0 radical (unpaired) electrons. The smallest absolute Gasteiger partial charge is 0.329 e. The third kappa shape index (κ3) is 29.5. The van der Waals surface area contributed by atoms with Gasteiger partial charge in [0.15, 0.2) is 0 Å². The Bertz CT molecular complexity index is 123. The van der Waals surface area contributed by atoms with Crippen LogP contribution < -0.4 is 0 Å². The molecule has 0 amide bonds. The van der Waals surface area contributed by atoms with Crippen molar-refractivity contribution >= 4 is 5.97 Å². The molecule has 3 heteroatoms. The quantitative estimate of drug-likeness (QED) is 0.344. The van der Waals surface area contributed by atoms with Crippen molar-refractivity contribution in [2.24, 2.45) is 0 Å². The minimum atomic E-state index is -0.394. The number of aliphatic hydroxyl groups is 1. The number of carbonyl (C=O) groups is 1. The van der Waals surface area contributed by atoms with Crippen molar-refractivity contribution in [2.45, 2.75) is 6.92 Å². The van der Waals surface area contributed by atoms with Gasteiger partial charge in [-0.05, 0) is 6.92 Å². The fourth-order valence-electron chi connectivity index (χ4n) is 0.0833. The minimum absolute atomic E-state index is 0.167. The number of rotatable bonds is 1. The molecule has 0 atom stereocenters. The summed E-state index contributed by atoms with van der Waals surface area (Å²) in [7, 11) is 1.31. The minimum Gasteiger partial charge on any atom is -0.513 e. The maximum absolute atomic E-state index is 9.84. The molecular formula is C7H12O3. The van der Waals surface area contributed by atoms with Crippen LogP contribution in [0.2, 0.25) is 0 Å². The first-order valence-electron chi connectivity index (χ1n) is 2.59. The van der Waals surface area contributed by atoms with E-state index in [4.69, 9.17) is 5.11 Å². The molecule has 0 aromatic carbocycles. The lowest BCUT2D eigenvalue weighted by Crippen LogP contribution is -1.91. The molecule has 0 aliphatic heterocycles. The van der Waals surface area contributed by atoms with Crippen LogP contribution in [0.1, 0.15) is 6.92 Å². The number of methoxy groups -OCH3 is 1. The Hall–Kier alpha value is -1.25. The van der Waals surface area contributed by atoms with Crippen LogP contribution in [0.25, 0.3) is 0 Å². The lowest BCUT2D eigenvalue weighted by atomic mass is 10.7. The van der Waals surface area contributed by atoms with Crippen LogP contribution in [0, 0.1) is 0 Å². The van der Waals surface area contributed by atoms with Gasteiger partial charge in [0, 0.05) is 6.08 Å². The Balaban J connectivity index is 0. The van der Waals surface area contributed by atoms with E-state index in [1.807, 2.05) is 0 Å².